The monoisotopic (exact) mass is 236 g/mol. The smallest absolute Gasteiger partial charge is 0.337 e. The summed E-state index contributed by atoms with van der Waals surface area (Å²) in [6.45, 7) is 2.04. The lowest BCUT2D eigenvalue weighted by molar-refractivity contribution is 0.0696. The van der Waals surface area contributed by atoms with Crippen molar-refractivity contribution in [3.8, 4) is 0 Å². The fourth-order valence-corrected chi connectivity index (χ4v) is 2.16. The van der Waals surface area contributed by atoms with Crippen molar-refractivity contribution in [2.45, 2.75) is 12.8 Å². The number of carboxylic acids is 1. The molecule has 92 valence electrons. The summed E-state index contributed by atoms with van der Waals surface area (Å²) >= 11 is 0. The first-order valence-electron chi connectivity index (χ1n) is 5.76. The second kappa shape index (κ2) is 5.14. The van der Waals surface area contributed by atoms with Crippen LogP contribution in [-0.4, -0.2) is 40.9 Å². The molecule has 0 spiro atoms. The van der Waals surface area contributed by atoms with E-state index in [1.165, 1.54) is 6.20 Å². The molecule has 1 saturated heterocycles. The Balaban J connectivity index is 2.01. The zero-order valence-corrected chi connectivity index (χ0v) is 9.54. The van der Waals surface area contributed by atoms with Crippen LogP contribution < -0.4 is 4.90 Å². The molecule has 0 radical (unpaired) electrons. The highest BCUT2D eigenvalue weighted by atomic mass is 16.4. The predicted octanol–water partition coefficient (Wildman–Crippen LogP) is 0.988. The van der Waals surface area contributed by atoms with Gasteiger partial charge in [-0.2, -0.15) is 0 Å². The Morgan fingerprint density at radius 2 is 2.35 bits per heavy atom. The van der Waals surface area contributed by atoms with Gasteiger partial charge in [0.1, 0.15) is 5.82 Å². The summed E-state index contributed by atoms with van der Waals surface area (Å²) in [5.74, 6) is 0.375. The van der Waals surface area contributed by atoms with Crippen molar-refractivity contribution in [3.63, 3.8) is 0 Å². The molecule has 1 aromatic heterocycles. The molecule has 1 aliphatic heterocycles. The van der Waals surface area contributed by atoms with E-state index in [1.54, 1.807) is 12.1 Å². The lowest BCUT2D eigenvalue weighted by Crippen LogP contribution is -2.21. The third-order valence-corrected chi connectivity index (χ3v) is 3.14. The zero-order chi connectivity index (χ0) is 12.3. The molecule has 0 saturated carbocycles. The normalized spacial score (nSPS) is 19.6. The summed E-state index contributed by atoms with van der Waals surface area (Å²) in [7, 11) is 0. The molecule has 1 unspecified atom stereocenters. The number of anilines is 1. The van der Waals surface area contributed by atoms with Crippen LogP contribution in [0.1, 0.15) is 23.2 Å². The maximum Gasteiger partial charge on any atom is 0.337 e. The van der Waals surface area contributed by atoms with Crippen molar-refractivity contribution >= 4 is 11.8 Å². The van der Waals surface area contributed by atoms with Gasteiger partial charge < -0.3 is 15.1 Å². The van der Waals surface area contributed by atoms with Crippen LogP contribution in [-0.2, 0) is 0 Å². The van der Waals surface area contributed by atoms with Gasteiger partial charge in [-0.3, -0.25) is 0 Å². The first kappa shape index (κ1) is 11.9. The standard InChI is InChI=1S/C12H16N2O3/c15-6-4-9-3-5-14(8-9)11-2-1-10(7-13-11)12(16)17/h1-2,7,9,15H,3-6,8H2,(H,16,17). The minimum Gasteiger partial charge on any atom is -0.478 e. The number of carboxylic acid groups (broad SMARTS) is 1. The number of hydrogen-bond donors (Lipinski definition) is 2. The summed E-state index contributed by atoms with van der Waals surface area (Å²) in [5.41, 5.74) is 0.208. The number of aliphatic hydroxyl groups is 1. The second-order valence-corrected chi connectivity index (χ2v) is 4.32. The van der Waals surface area contributed by atoms with E-state index in [4.69, 9.17) is 10.2 Å². The average Bonchev–Trinajstić information content (AvgIpc) is 2.78. The number of rotatable bonds is 4. The number of aliphatic hydroxyl groups excluding tert-OH is 1. The Bertz CT molecular complexity index is 391. The van der Waals surface area contributed by atoms with E-state index < -0.39 is 5.97 Å². The number of aromatic nitrogens is 1. The van der Waals surface area contributed by atoms with Crippen LogP contribution in [0.4, 0.5) is 5.82 Å². The highest BCUT2D eigenvalue weighted by molar-refractivity contribution is 5.87. The Kier molecular flexibility index (Phi) is 3.58. The molecule has 17 heavy (non-hydrogen) atoms. The third kappa shape index (κ3) is 2.74. The Hall–Kier alpha value is -1.62. The molecule has 2 N–H and O–H groups in total. The summed E-state index contributed by atoms with van der Waals surface area (Å²) in [5, 5.41) is 17.7. The first-order valence-corrected chi connectivity index (χ1v) is 5.76. The van der Waals surface area contributed by atoms with Gasteiger partial charge in [-0.05, 0) is 30.9 Å². The van der Waals surface area contributed by atoms with E-state index in [0.717, 1.165) is 31.7 Å². The van der Waals surface area contributed by atoms with Crippen molar-refractivity contribution in [1.29, 1.82) is 0 Å². The van der Waals surface area contributed by atoms with E-state index in [9.17, 15) is 4.79 Å². The fourth-order valence-electron chi connectivity index (χ4n) is 2.16. The molecule has 1 atom stereocenters. The van der Waals surface area contributed by atoms with Crippen LogP contribution in [0.5, 0.6) is 0 Å². The van der Waals surface area contributed by atoms with Gasteiger partial charge in [-0.1, -0.05) is 0 Å². The van der Waals surface area contributed by atoms with Crippen molar-refractivity contribution in [3.05, 3.63) is 23.9 Å². The molecule has 1 fully saturated rings. The zero-order valence-electron chi connectivity index (χ0n) is 9.54. The van der Waals surface area contributed by atoms with Crippen LogP contribution >= 0.6 is 0 Å². The Labute approximate surface area is 99.7 Å². The molecule has 5 heteroatoms. The highest BCUT2D eigenvalue weighted by Crippen LogP contribution is 2.23. The van der Waals surface area contributed by atoms with Gasteiger partial charge in [-0.15, -0.1) is 0 Å². The fraction of sp³-hybridized carbons (Fsp3) is 0.500. The van der Waals surface area contributed by atoms with Crippen molar-refractivity contribution < 1.29 is 15.0 Å². The first-order chi connectivity index (χ1) is 8.20. The number of aromatic carboxylic acids is 1. The molecule has 2 rings (SSSR count). The molecular formula is C12H16N2O3. The SMILES string of the molecule is O=C(O)c1ccc(N2CCC(CCO)C2)nc1. The molecule has 0 amide bonds. The second-order valence-electron chi connectivity index (χ2n) is 4.32. The van der Waals surface area contributed by atoms with Crippen LogP contribution in [0.3, 0.4) is 0 Å². The maximum absolute atomic E-state index is 10.7. The van der Waals surface area contributed by atoms with Crippen molar-refractivity contribution in [2.24, 2.45) is 5.92 Å². The van der Waals surface area contributed by atoms with Crippen molar-refractivity contribution in [1.82, 2.24) is 4.98 Å². The highest BCUT2D eigenvalue weighted by Gasteiger charge is 2.22. The van der Waals surface area contributed by atoms with E-state index in [1.807, 2.05) is 0 Å². The number of carbonyl (C=O) groups is 1. The molecule has 1 aliphatic rings. The van der Waals surface area contributed by atoms with Gasteiger partial charge in [0.15, 0.2) is 0 Å². The third-order valence-electron chi connectivity index (χ3n) is 3.14. The lowest BCUT2D eigenvalue weighted by Gasteiger charge is -2.17. The summed E-state index contributed by atoms with van der Waals surface area (Å²) in [6, 6.07) is 3.31. The maximum atomic E-state index is 10.7. The molecule has 0 bridgehead atoms. The van der Waals surface area contributed by atoms with Gasteiger partial charge >= 0.3 is 5.97 Å². The topological polar surface area (TPSA) is 73.7 Å². The van der Waals surface area contributed by atoms with E-state index >= 15 is 0 Å². The number of pyridine rings is 1. The molecule has 0 aromatic carbocycles. The quantitative estimate of drug-likeness (QED) is 0.815. The summed E-state index contributed by atoms with van der Waals surface area (Å²) < 4.78 is 0. The lowest BCUT2D eigenvalue weighted by atomic mass is 10.1. The molecular weight excluding hydrogens is 220 g/mol. The van der Waals surface area contributed by atoms with E-state index in [-0.39, 0.29) is 12.2 Å². The van der Waals surface area contributed by atoms with Crippen LogP contribution in [0.25, 0.3) is 0 Å². The van der Waals surface area contributed by atoms with Gasteiger partial charge in [0, 0.05) is 25.9 Å². The largest absolute Gasteiger partial charge is 0.478 e. The molecule has 5 nitrogen and oxygen atoms in total. The van der Waals surface area contributed by atoms with Crippen LogP contribution in [0.15, 0.2) is 18.3 Å². The molecule has 1 aromatic rings. The molecule has 2 heterocycles. The van der Waals surface area contributed by atoms with Crippen LogP contribution in [0.2, 0.25) is 0 Å². The van der Waals surface area contributed by atoms with Gasteiger partial charge in [-0.25, -0.2) is 9.78 Å². The van der Waals surface area contributed by atoms with E-state index in [0.29, 0.717) is 5.92 Å². The van der Waals surface area contributed by atoms with E-state index in [2.05, 4.69) is 9.88 Å². The van der Waals surface area contributed by atoms with Gasteiger partial charge in [0.25, 0.3) is 0 Å². The Morgan fingerprint density at radius 3 is 2.94 bits per heavy atom. The van der Waals surface area contributed by atoms with Gasteiger partial charge in [0.05, 0.1) is 5.56 Å². The van der Waals surface area contributed by atoms with Crippen molar-refractivity contribution in [2.75, 3.05) is 24.6 Å². The molecule has 0 aliphatic carbocycles. The number of hydrogen-bond acceptors (Lipinski definition) is 4. The minimum atomic E-state index is -0.955. The summed E-state index contributed by atoms with van der Waals surface area (Å²) in [6.07, 6.45) is 3.27. The predicted molar refractivity (Wildman–Crippen MR) is 63.2 cm³/mol. The number of nitrogens with zero attached hydrogens (tertiary/aromatic N) is 2. The Morgan fingerprint density at radius 1 is 1.53 bits per heavy atom. The minimum absolute atomic E-state index is 0.208. The average molecular weight is 236 g/mol. The van der Waals surface area contributed by atoms with Gasteiger partial charge in [0.2, 0.25) is 0 Å². The van der Waals surface area contributed by atoms with Crippen LogP contribution in [0, 0.1) is 5.92 Å². The summed E-state index contributed by atoms with van der Waals surface area (Å²) in [4.78, 5) is 17.0.